The van der Waals surface area contributed by atoms with Gasteiger partial charge in [-0.25, -0.2) is 0 Å². The molecule has 0 saturated heterocycles. The summed E-state index contributed by atoms with van der Waals surface area (Å²) in [7, 11) is 1.48. The van der Waals surface area contributed by atoms with E-state index in [1.54, 1.807) is 12.1 Å². The maximum Gasteiger partial charge on any atom is 0.210 e. The molecule has 7 nitrogen and oxygen atoms in total. The number of phenols is 1. The lowest BCUT2D eigenvalue weighted by Gasteiger charge is -2.38. The summed E-state index contributed by atoms with van der Waals surface area (Å²) in [6.45, 7) is 7.50. The van der Waals surface area contributed by atoms with Crippen LogP contribution >= 0.6 is 0 Å². The van der Waals surface area contributed by atoms with Gasteiger partial charge < -0.3 is 29.2 Å². The van der Waals surface area contributed by atoms with Crippen molar-refractivity contribution in [3.63, 3.8) is 0 Å². The minimum Gasteiger partial charge on any atom is -0.507 e. The van der Waals surface area contributed by atoms with E-state index in [9.17, 15) is 15.0 Å². The van der Waals surface area contributed by atoms with E-state index in [0.29, 0.717) is 29.2 Å². The van der Waals surface area contributed by atoms with Gasteiger partial charge in [0.15, 0.2) is 5.60 Å². The third-order valence-electron chi connectivity index (χ3n) is 6.54. The number of Topliss-reactive ketones (excluding diaryl/α,β-unsaturated/α-hetero) is 1. The van der Waals surface area contributed by atoms with Crippen molar-refractivity contribution in [1.82, 2.24) is 0 Å². The van der Waals surface area contributed by atoms with Gasteiger partial charge in [-0.3, -0.25) is 4.79 Å². The normalized spacial score (nSPS) is 23.9. The molecule has 3 aliphatic rings. The van der Waals surface area contributed by atoms with Crippen molar-refractivity contribution in [3.05, 3.63) is 46.5 Å². The van der Waals surface area contributed by atoms with Gasteiger partial charge >= 0.3 is 0 Å². The van der Waals surface area contributed by atoms with Crippen molar-refractivity contribution >= 4 is 11.9 Å². The summed E-state index contributed by atoms with van der Waals surface area (Å²) in [6, 6.07) is 4.76. The zero-order valence-corrected chi connectivity index (χ0v) is 19.4. The van der Waals surface area contributed by atoms with Gasteiger partial charge in [-0.1, -0.05) is 0 Å². The van der Waals surface area contributed by atoms with Gasteiger partial charge in [-0.15, -0.1) is 0 Å². The molecule has 0 aromatic heterocycles. The van der Waals surface area contributed by atoms with Crippen LogP contribution in [0.5, 0.6) is 28.7 Å². The number of methoxy groups -OCH3 is 1. The average molecular weight is 453 g/mol. The molecule has 174 valence electrons. The summed E-state index contributed by atoms with van der Waals surface area (Å²) in [4.78, 5) is 13.7. The number of fused-ring (bicyclic) bond motifs is 4. The van der Waals surface area contributed by atoms with Gasteiger partial charge in [0.2, 0.25) is 5.78 Å². The van der Waals surface area contributed by atoms with Crippen LogP contribution in [0.15, 0.2) is 24.3 Å². The summed E-state index contributed by atoms with van der Waals surface area (Å²) in [5.74, 6) is 0.756. The molecule has 7 heteroatoms. The highest BCUT2D eigenvalue weighted by Crippen LogP contribution is 2.51. The fourth-order valence-corrected chi connectivity index (χ4v) is 4.77. The lowest BCUT2D eigenvalue weighted by atomic mass is 9.80. The van der Waals surface area contributed by atoms with Crippen molar-refractivity contribution in [2.75, 3.05) is 13.7 Å². The fourth-order valence-electron chi connectivity index (χ4n) is 4.77. The predicted octanol–water partition coefficient (Wildman–Crippen LogP) is 4.15. The maximum absolute atomic E-state index is 13.7. The molecule has 0 radical (unpaired) electrons. The molecule has 0 amide bonds. The number of rotatable bonds is 2. The van der Waals surface area contributed by atoms with Crippen LogP contribution in [0.25, 0.3) is 6.08 Å². The smallest absolute Gasteiger partial charge is 0.210 e. The highest BCUT2D eigenvalue weighted by atomic mass is 16.5. The largest absolute Gasteiger partial charge is 0.507 e. The SMILES string of the molecule is COc1c(C2(O)COc3c4c(cc(O)c3C2=O)OC(C)(C)CC4)ccc2c1C=CC(C)(C)O2. The molecule has 1 atom stereocenters. The Hall–Kier alpha value is -3.19. The first-order valence-electron chi connectivity index (χ1n) is 11.0. The third-order valence-corrected chi connectivity index (χ3v) is 6.54. The van der Waals surface area contributed by atoms with Gasteiger partial charge in [0.1, 0.15) is 52.1 Å². The van der Waals surface area contributed by atoms with E-state index in [1.165, 1.54) is 13.2 Å². The number of carbonyl (C=O) groups excluding carboxylic acids is 1. The molecular formula is C26H28O7. The number of benzene rings is 2. The molecule has 0 fully saturated rings. The summed E-state index contributed by atoms with van der Waals surface area (Å²) in [6.07, 6.45) is 5.12. The van der Waals surface area contributed by atoms with E-state index in [4.69, 9.17) is 18.9 Å². The molecule has 0 spiro atoms. The van der Waals surface area contributed by atoms with Crippen LogP contribution in [0.2, 0.25) is 0 Å². The van der Waals surface area contributed by atoms with Gasteiger partial charge in [0, 0.05) is 17.2 Å². The van der Waals surface area contributed by atoms with Crippen LogP contribution in [0.1, 0.15) is 61.2 Å². The Balaban J connectivity index is 1.62. The van der Waals surface area contributed by atoms with Crippen molar-refractivity contribution in [2.24, 2.45) is 0 Å². The Morgan fingerprint density at radius 1 is 1.09 bits per heavy atom. The molecule has 33 heavy (non-hydrogen) atoms. The second-order valence-electron chi connectivity index (χ2n) is 10.0. The number of aliphatic hydroxyl groups is 1. The molecule has 0 aliphatic carbocycles. The van der Waals surface area contributed by atoms with Crippen molar-refractivity contribution < 1.29 is 34.0 Å². The Labute approximate surface area is 192 Å². The molecule has 2 aromatic carbocycles. The van der Waals surface area contributed by atoms with Gasteiger partial charge in [0.25, 0.3) is 0 Å². The molecule has 1 unspecified atom stereocenters. The van der Waals surface area contributed by atoms with E-state index in [0.717, 1.165) is 12.0 Å². The Kier molecular flexibility index (Phi) is 4.53. The van der Waals surface area contributed by atoms with Crippen molar-refractivity contribution in [2.45, 2.75) is 57.3 Å². The number of hydrogen-bond donors (Lipinski definition) is 2. The van der Waals surface area contributed by atoms with Crippen LogP contribution in [-0.4, -0.2) is 40.9 Å². The Morgan fingerprint density at radius 3 is 2.58 bits per heavy atom. The van der Waals surface area contributed by atoms with Crippen LogP contribution in [-0.2, 0) is 12.0 Å². The topological polar surface area (TPSA) is 94.5 Å². The fraction of sp³-hybridized carbons (Fsp3) is 0.423. The zero-order chi connectivity index (χ0) is 23.8. The molecule has 3 heterocycles. The molecule has 0 saturated carbocycles. The minimum atomic E-state index is -2.05. The van der Waals surface area contributed by atoms with Gasteiger partial charge in [0.05, 0.1) is 12.7 Å². The van der Waals surface area contributed by atoms with E-state index < -0.39 is 17.0 Å². The van der Waals surface area contributed by atoms with Crippen molar-refractivity contribution in [1.29, 1.82) is 0 Å². The zero-order valence-electron chi connectivity index (χ0n) is 19.4. The number of phenolic OH excluding ortho intramolecular Hbond substituents is 1. The highest BCUT2D eigenvalue weighted by Gasteiger charge is 2.49. The predicted molar refractivity (Wildman–Crippen MR) is 122 cm³/mol. The lowest BCUT2D eigenvalue weighted by molar-refractivity contribution is -0.00777. The molecule has 2 aromatic rings. The van der Waals surface area contributed by atoms with E-state index in [2.05, 4.69) is 0 Å². The summed E-state index contributed by atoms with van der Waals surface area (Å²) in [5.41, 5.74) is -1.34. The van der Waals surface area contributed by atoms with Crippen LogP contribution < -0.4 is 18.9 Å². The number of carbonyl (C=O) groups is 1. The summed E-state index contributed by atoms with van der Waals surface area (Å²) >= 11 is 0. The molecule has 0 bridgehead atoms. The van der Waals surface area contributed by atoms with E-state index >= 15 is 0 Å². The van der Waals surface area contributed by atoms with E-state index in [1.807, 2.05) is 39.8 Å². The van der Waals surface area contributed by atoms with E-state index in [-0.39, 0.29) is 34.8 Å². The first-order chi connectivity index (χ1) is 15.5. The summed E-state index contributed by atoms with van der Waals surface area (Å²) < 4.78 is 23.6. The van der Waals surface area contributed by atoms with Crippen LogP contribution in [0.4, 0.5) is 0 Å². The Bertz CT molecular complexity index is 1210. The molecule has 5 rings (SSSR count). The number of aromatic hydroxyl groups is 1. The second kappa shape index (κ2) is 6.90. The number of hydrogen-bond acceptors (Lipinski definition) is 7. The molecule has 2 N–H and O–H groups in total. The minimum absolute atomic E-state index is 0.0431. The molecule has 3 aliphatic heterocycles. The van der Waals surface area contributed by atoms with Crippen LogP contribution in [0.3, 0.4) is 0 Å². The molecular weight excluding hydrogens is 424 g/mol. The highest BCUT2D eigenvalue weighted by molar-refractivity contribution is 6.09. The second-order valence-corrected chi connectivity index (χ2v) is 10.0. The quantitative estimate of drug-likeness (QED) is 0.707. The van der Waals surface area contributed by atoms with Crippen molar-refractivity contribution in [3.8, 4) is 28.7 Å². The average Bonchev–Trinajstić information content (AvgIpc) is 2.73. The first kappa shape index (κ1) is 21.6. The third kappa shape index (κ3) is 3.25. The monoisotopic (exact) mass is 452 g/mol. The van der Waals surface area contributed by atoms with Gasteiger partial charge in [-0.2, -0.15) is 0 Å². The first-order valence-corrected chi connectivity index (χ1v) is 11.0. The standard InChI is InChI=1S/C26H28O7/c1-24(2)10-8-14-18(32-24)7-6-16(21(14)30-5)26(29)13-31-22-15-9-11-25(3,4)33-19(15)12-17(27)20(22)23(26)28/h6-8,10,12,27,29H,9,11,13H2,1-5H3. The lowest BCUT2D eigenvalue weighted by Crippen LogP contribution is -2.46. The summed E-state index contributed by atoms with van der Waals surface area (Å²) in [5, 5.41) is 22.4. The van der Waals surface area contributed by atoms with Crippen LogP contribution in [0, 0.1) is 0 Å². The Morgan fingerprint density at radius 2 is 1.85 bits per heavy atom. The number of ketones is 1. The number of ether oxygens (including phenoxy) is 4. The maximum atomic E-state index is 13.7. The van der Waals surface area contributed by atoms with Gasteiger partial charge in [-0.05, 0) is 64.8 Å².